The molecule has 0 saturated carbocycles. The molecule has 1 aliphatic carbocycles. The summed E-state index contributed by atoms with van der Waals surface area (Å²) >= 11 is 0. The maximum atomic E-state index is 3.45. The van der Waals surface area contributed by atoms with Gasteiger partial charge in [0.2, 0.25) is 0 Å². The maximum Gasteiger partial charge on any atom is 0.0655 e. The first-order valence-corrected chi connectivity index (χ1v) is 23.4. The molecule has 11 rings (SSSR count). The SMILES string of the molecule is CC.C\C=C/C(=C\C=C\c1ccccc1)c1cccc(C2C=CNCN2)c1.Cn1c2ccccc2c2cc(C3=Cc4c(n(-c5ccc(-c6ccccc6)cc5)c5ccccc45)CC3)ccc21. The molecule has 1 aliphatic heterocycles. The highest BCUT2D eigenvalue weighted by atomic mass is 15.1. The Morgan fingerprint density at radius 2 is 1.30 bits per heavy atom. The lowest BCUT2D eigenvalue weighted by atomic mass is 9.90. The molecule has 0 fully saturated rings. The summed E-state index contributed by atoms with van der Waals surface area (Å²) in [6.45, 7) is 6.85. The zero-order valence-corrected chi connectivity index (χ0v) is 38.5. The summed E-state index contributed by atoms with van der Waals surface area (Å²) in [5.74, 6) is 0. The second kappa shape index (κ2) is 20.5. The lowest BCUT2D eigenvalue weighted by Gasteiger charge is -2.20. The van der Waals surface area contributed by atoms with Crippen molar-refractivity contribution in [3.63, 3.8) is 0 Å². The first-order chi connectivity index (χ1) is 32.6. The van der Waals surface area contributed by atoms with Crippen LogP contribution in [0.1, 0.15) is 66.7 Å². The van der Waals surface area contributed by atoms with Gasteiger partial charge in [0.25, 0.3) is 0 Å². The van der Waals surface area contributed by atoms with Gasteiger partial charge in [-0.1, -0.05) is 178 Å². The van der Waals surface area contributed by atoms with Gasteiger partial charge in [0.1, 0.15) is 0 Å². The molecule has 0 radical (unpaired) electrons. The Morgan fingerprint density at radius 3 is 2.06 bits per heavy atom. The summed E-state index contributed by atoms with van der Waals surface area (Å²) < 4.78 is 4.78. The van der Waals surface area contributed by atoms with Crippen molar-refractivity contribution in [3.8, 4) is 16.8 Å². The summed E-state index contributed by atoms with van der Waals surface area (Å²) in [5, 5.41) is 10.6. The Morgan fingerprint density at radius 1 is 0.621 bits per heavy atom. The Bertz CT molecular complexity index is 3250. The number of rotatable bonds is 8. The molecular formula is C62H58N4. The van der Waals surface area contributed by atoms with E-state index in [0.29, 0.717) is 0 Å². The number of para-hydroxylation sites is 2. The van der Waals surface area contributed by atoms with E-state index >= 15 is 0 Å². The lowest BCUT2D eigenvalue weighted by Crippen LogP contribution is -2.32. The second-order valence-corrected chi connectivity index (χ2v) is 16.5. The minimum Gasteiger partial charge on any atom is -0.379 e. The third kappa shape index (κ3) is 9.15. The van der Waals surface area contributed by atoms with Crippen molar-refractivity contribution in [1.82, 2.24) is 19.8 Å². The molecule has 0 amide bonds. The minimum absolute atomic E-state index is 0.257. The van der Waals surface area contributed by atoms with E-state index in [1.807, 2.05) is 26.1 Å². The summed E-state index contributed by atoms with van der Waals surface area (Å²) in [5.41, 5.74) is 18.0. The molecule has 0 spiro atoms. The van der Waals surface area contributed by atoms with Crippen LogP contribution in [-0.2, 0) is 13.5 Å². The third-order valence-corrected chi connectivity index (χ3v) is 12.6. The normalized spacial score (nSPS) is 14.7. The average Bonchev–Trinajstić information content (AvgIpc) is 3.88. The van der Waals surface area contributed by atoms with Crippen LogP contribution < -0.4 is 10.6 Å². The third-order valence-electron chi connectivity index (χ3n) is 12.6. The molecule has 2 aromatic heterocycles. The van der Waals surface area contributed by atoms with Crippen LogP contribution in [0, 0.1) is 0 Å². The van der Waals surface area contributed by atoms with Crippen LogP contribution in [0.4, 0.5) is 0 Å². The van der Waals surface area contributed by atoms with E-state index in [2.05, 4.69) is 246 Å². The summed E-state index contributed by atoms with van der Waals surface area (Å²) in [6.07, 6.45) is 19.3. The van der Waals surface area contributed by atoms with Gasteiger partial charge in [0.15, 0.2) is 0 Å². The maximum absolute atomic E-state index is 3.45. The number of benzene rings is 7. The van der Waals surface area contributed by atoms with E-state index in [-0.39, 0.29) is 6.04 Å². The van der Waals surface area contributed by atoms with Crippen LogP contribution >= 0.6 is 0 Å². The lowest BCUT2D eigenvalue weighted by molar-refractivity contribution is 0.564. The van der Waals surface area contributed by atoms with Crippen molar-refractivity contribution >= 4 is 56.0 Å². The fraction of sp³-hybridized carbons (Fsp3) is 0.129. The Balaban J connectivity index is 0.000000176. The molecule has 4 heteroatoms. The van der Waals surface area contributed by atoms with Gasteiger partial charge in [-0.2, -0.15) is 0 Å². The molecule has 1 atom stereocenters. The number of nitrogens with one attached hydrogen (secondary N) is 2. The number of hydrogen-bond donors (Lipinski definition) is 2. The fourth-order valence-corrected chi connectivity index (χ4v) is 9.40. The largest absolute Gasteiger partial charge is 0.379 e. The van der Waals surface area contributed by atoms with Gasteiger partial charge in [-0.05, 0) is 125 Å². The Kier molecular flexibility index (Phi) is 13.5. The van der Waals surface area contributed by atoms with Gasteiger partial charge in [0.05, 0.1) is 18.2 Å². The molecule has 66 heavy (non-hydrogen) atoms. The van der Waals surface area contributed by atoms with Gasteiger partial charge in [-0.15, -0.1) is 0 Å². The number of nitrogens with zero attached hydrogens (tertiary/aromatic N) is 2. The van der Waals surface area contributed by atoms with Crippen LogP contribution in [-0.4, -0.2) is 15.8 Å². The zero-order valence-electron chi connectivity index (χ0n) is 38.5. The van der Waals surface area contributed by atoms with Crippen molar-refractivity contribution < 1.29 is 0 Å². The van der Waals surface area contributed by atoms with Crippen LogP contribution in [0.25, 0.3) is 72.8 Å². The molecule has 326 valence electrons. The van der Waals surface area contributed by atoms with Crippen molar-refractivity contribution in [2.45, 2.75) is 39.7 Å². The fourth-order valence-electron chi connectivity index (χ4n) is 9.40. The predicted octanol–water partition coefficient (Wildman–Crippen LogP) is 15.5. The smallest absolute Gasteiger partial charge is 0.0655 e. The molecule has 3 heterocycles. The molecule has 0 bridgehead atoms. The first-order valence-electron chi connectivity index (χ1n) is 23.4. The highest BCUT2D eigenvalue weighted by molar-refractivity contribution is 6.09. The monoisotopic (exact) mass is 858 g/mol. The van der Waals surface area contributed by atoms with E-state index < -0.39 is 0 Å². The highest BCUT2D eigenvalue weighted by Gasteiger charge is 2.22. The van der Waals surface area contributed by atoms with E-state index in [0.717, 1.165) is 19.5 Å². The second-order valence-electron chi connectivity index (χ2n) is 16.5. The molecule has 1 unspecified atom stereocenters. The van der Waals surface area contributed by atoms with Crippen LogP contribution in [0.5, 0.6) is 0 Å². The van der Waals surface area contributed by atoms with Crippen molar-refractivity contribution in [2.75, 3.05) is 6.67 Å². The van der Waals surface area contributed by atoms with Gasteiger partial charge >= 0.3 is 0 Å². The summed E-state index contributed by atoms with van der Waals surface area (Å²) in [7, 11) is 2.16. The van der Waals surface area contributed by atoms with Gasteiger partial charge in [-0.3, -0.25) is 5.32 Å². The quantitative estimate of drug-likeness (QED) is 0.149. The molecule has 2 aliphatic rings. The van der Waals surface area contributed by atoms with E-state index in [1.165, 1.54) is 94.2 Å². The predicted molar refractivity (Wildman–Crippen MR) is 284 cm³/mol. The standard InChI is InChI=1S/C37H28N2.C23H24N2.C2H6/c1-38-34-13-7-5-11-30(34)32-23-27(17-21-35(32)38)28-18-22-37-33(24-28)31-12-6-8-14-36(31)39(37)29-19-15-26(16-20-29)25-9-3-2-4-10-25;1-2-8-20(12-6-11-19-9-4-3-5-10-19)21-13-7-14-22(17-21)23-15-16-24-18-25-23;1-2/h2-17,19-21,23-24H,18,22H2,1H3;2-17,23-25H,18H2,1H3;1-2H3/b;8-2-,11-6+,20-12+;. The number of allylic oxidation sites excluding steroid dienone is 6. The number of aromatic nitrogens is 2. The molecule has 2 N–H and O–H groups in total. The topological polar surface area (TPSA) is 33.9 Å². The summed E-state index contributed by atoms with van der Waals surface area (Å²) in [6, 6.07) is 63.5. The molecular weight excluding hydrogens is 801 g/mol. The van der Waals surface area contributed by atoms with Crippen molar-refractivity contribution in [3.05, 3.63) is 246 Å². The molecule has 7 aromatic carbocycles. The van der Waals surface area contributed by atoms with Gasteiger partial charge in [-0.25, -0.2) is 0 Å². The van der Waals surface area contributed by atoms with Gasteiger partial charge < -0.3 is 14.5 Å². The number of aryl methyl sites for hydroxylation is 1. The molecule has 0 saturated heterocycles. The zero-order chi connectivity index (χ0) is 45.2. The Hall–Kier alpha value is -7.66. The van der Waals surface area contributed by atoms with Crippen molar-refractivity contribution in [1.29, 1.82) is 0 Å². The molecule has 4 nitrogen and oxygen atoms in total. The Labute approximate surface area is 390 Å². The van der Waals surface area contributed by atoms with Gasteiger partial charge in [0, 0.05) is 51.2 Å². The van der Waals surface area contributed by atoms with Crippen LogP contribution in [0.3, 0.4) is 0 Å². The minimum atomic E-state index is 0.257. The van der Waals surface area contributed by atoms with E-state index in [1.54, 1.807) is 0 Å². The highest BCUT2D eigenvalue weighted by Crippen LogP contribution is 2.40. The summed E-state index contributed by atoms with van der Waals surface area (Å²) in [4.78, 5) is 0. The molecule has 9 aromatic rings. The number of hydrogen-bond acceptors (Lipinski definition) is 2. The first kappa shape index (κ1) is 43.6. The van der Waals surface area contributed by atoms with Crippen LogP contribution in [0.15, 0.2) is 213 Å². The van der Waals surface area contributed by atoms with Crippen molar-refractivity contribution in [2.24, 2.45) is 7.05 Å². The van der Waals surface area contributed by atoms with E-state index in [9.17, 15) is 0 Å². The average molecular weight is 859 g/mol. The number of fused-ring (bicyclic) bond motifs is 6. The van der Waals surface area contributed by atoms with E-state index in [4.69, 9.17) is 0 Å². The van der Waals surface area contributed by atoms with Crippen LogP contribution in [0.2, 0.25) is 0 Å².